The van der Waals surface area contributed by atoms with Gasteiger partial charge in [0.15, 0.2) is 5.11 Å². The molecule has 0 aliphatic rings. The molecule has 0 saturated heterocycles. The molecule has 2 aromatic carbocycles. The van der Waals surface area contributed by atoms with Gasteiger partial charge in [-0.2, -0.15) is 0 Å². The molecule has 3 N–H and O–H groups in total. The van der Waals surface area contributed by atoms with Gasteiger partial charge in [0.25, 0.3) is 5.91 Å². The van der Waals surface area contributed by atoms with Gasteiger partial charge in [0.05, 0.1) is 11.3 Å². The molecule has 0 aliphatic heterocycles. The minimum atomic E-state index is -1.08. The molecule has 112 valence electrons. The highest BCUT2D eigenvalue weighted by molar-refractivity contribution is 9.10. The van der Waals surface area contributed by atoms with Gasteiger partial charge in [0.1, 0.15) is 0 Å². The quantitative estimate of drug-likeness (QED) is 0.714. The highest BCUT2D eigenvalue weighted by Gasteiger charge is 2.12. The Balaban J connectivity index is 2.08. The second kappa shape index (κ2) is 7.15. The van der Waals surface area contributed by atoms with Crippen LogP contribution < -0.4 is 10.6 Å². The molecule has 22 heavy (non-hydrogen) atoms. The van der Waals surface area contributed by atoms with Crippen LogP contribution in [0.15, 0.2) is 53.0 Å². The van der Waals surface area contributed by atoms with Crippen LogP contribution in [0.3, 0.4) is 0 Å². The Bertz CT molecular complexity index is 749. The van der Waals surface area contributed by atoms with Crippen molar-refractivity contribution in [2.45, 2.75) is 0 Å². The zero-order valence-electron chi connectivity index (χ0n) is 11.2. The van der Waals surface area contributed by atoms with Gasteiger partial charge < -0.3 is 10.4 Å². The molecule has 2 aromatic rings. The summed E-state index contributed by atoms with van der Waals surface area (Å²) in [6.07, 6.45) is 0. The minimum Gasteiger partial charge on any atom is -0.478 e. The second-order valence-corrected chi connectivity index (χ2v) is 5.59. The lowest BCUT2D eigenvalue weighted by Crippen LogP contribution is -2.34. The van der Waals surface area contributed by atoms with Crippen LogP contribution in [0.4, 0.5) is 5.69 Å². The third-order valence-corrected chi connectivity index (χ3v) is 3.42. The molecular weight excluding hydrogens is 368 g/mol. The molecule has 1 amide bonds. The van der Waals surface area contributed by atoms with Crippen LogP contribution in [0, 0.1) is 0 Å². The third-order valence-electron chi connectivity index (χ3n) is 2.72. The smallest absolute Gasteiger partial charge is 0.337 e. The molecule has 0 bridgehead atoms. The van der Waals surface area contributed by atoms with E-state index in [1.165, 1.54) is 6.07 Å². The van der Waals surface area contributed by atoms with Crippen LogP contribution in [-0.4, -0.2) is 22.1 Å². The van der Waals surface area contributed by atoms with E-state index in [1.807, 2.05) is 0 Å². The molecule has 0 saturated carbocycles. The zero-order chi connectivity index (χ0) is 16.1. The van der Waals surface area contributed by atoms with Crippen molar-refractivity contribution in [2.75, 3.05) is 5.32 Å². The number of benzene rings is 2. The van der Waals surface area contributed by atoms with Crippen LogP contribution in [0.1, 0.15) is 20.7 Å². The van der Waals surface area contributed by atoms with E-state index in [0.29, 0.717) is 11.3 Å². The molecular formula is C15H11BrN2O3S. The first-order valence-corrected chi connectivity index (χ1v) is 7.37. The van der Waals surface area contributed by atoms with Gasteiger partial charge in [-0.05, 0) is 42.5 Å². The summed E-state index contributed by atoms with van der Waals surface area (Å²) in [6.45, 7) is 0. The number of nitrogens with one attached hydrogen (secondary N) is 2. The number of amides is 1. The summed E-state index contributed by atoms with van der Waals surface area (Å²) < 4.78 is 0.773. The van der Waals surface area contributed by atoms with Crippen molar-refractivity contribution in [3.05, 3.63) is 64.1 Å². The number of anilines is 1. The van der Waals surface area contributed by atoms with Crippen molar-refractivity contribution < 1.29 is 14.7 Å². The number of halogens is 1. The lowest BCUT2D eigenvalue weighted by molar-refractivity contribution is 0.0698. The molecule has 0 spiro atoms. The Morgan fingerprint density at radius 2 is 1.82 bits per heavy atom. The summed E-state index contributed by atoms with van der Waals surface area (Å²) in [5.74, 6) is -1.46. The van der Waals surface area contributed by atoms with E-state index in [1.54, 1.807) is 42.5 Å². The Labute approximate surface area is 140 Å². The van der Waals surface area contributed by atoms with E-state index in [0.717, 1.165) is 4.47 Å². The average Bonchev–Trinajstić information content (AvgIpc) is 2.47. The summed E-state index contributed by atoms with van der Waals surface area (Å²) in [5, 5.41) is 14.3. The maximum Gasteiger partial charge on any atom is 0.337 e. The van der Waals surface area contributed by atoms with E-state index in [2.05, 4.69) is 26.6 Å². The van der Waals surface area contributed by atoms with Gasteiger partial charge in [0.2, 0.25) is 0 Å². The van der Waals surface area contributed by atoms with Gasteiger partial charge in [-0.15, -0.1) is 0 Å². The topological polar surface area (TPSA) is 78.4 Å². The van der Waals surface area contributed by atoms with Gasteiger partial charge in [0, 0.05) is 10.0 Å². The molecule has 0 fully saturated rings. The number of hydrogen-bond donors (Lipinski definition) is 3. The number of rotatable bonds is 3. The number of carboxylic acid groups (broad SMARTS) is 1. The molecule has 2 rings (SSSR count). The minimum absolute atomic E-state index is 0.0266. The lowest BCUT2D eigenvalue weighted by atomic mass is 10.2. The number of carbonyl (C=O) groups is 2. The fourth-order valence-electron chi connectivity index (χ4n) is 1.74. The summed E-state index contributed by atoms with van der Waals surface area (Å²) in [4.78, 5) is 23.1. The SMILES string of the molecule is O=C(NC(=S)Nc1ccccc1C(=O)O)c1cccc(Br)c1. The van der Waals surface area contributed by atoms with E-state index >= 15 is 0 Å². The number of carbonyl (C=O) groups excluding carboxylic acids is 1. The summed E-state index contributed by atoms with van der Waals surface area (Å²) >= 11 is 8.33. The van der Waals surface area contributed by atoms with Crippen molar-refractivity contribution in [3.63, 3.8) is 0 Å². The van der Waals surface area contributed by atoms with E-state index < -0.39 is 5.97 Å². The highest BCUT2D eigenvalue weighted by atomic mass is 79.9. The summed E-state index contributed by atoms with van der Waals surface area (Å²) in [5.41, 5.74) is 0.821. The van der Waals surface area contributed by atoms with Gasteiger partial charge in [-0.25, -0.2) is 4.79 Å². The molecule has 0 heterocycles. The number of para-hydroxylation sites is 1. The number of hydrogen-bond acceptors (Lipinski definition) is 3. The standard InChI is InChI=1S/C15H11BrN2O3S/c16-10-5-3-4-9(8-10)13(19)18-15(22)17-12-7-2-1-6-11(12)14(20)21/h1-8H,(H,20,21)(H2,17,18,19,22). The van der Waals surface area contributed by atoms with Gasteiger partial charge in [-0.3, -0.25) is 10.1 Å². The van der Waals surface area contributed by atoms with Crippen LogP contribution in [-0.2, 0) is 0 Å². The van der Waals surface area contributed by atoms with E-state index in [-0.39, 0.29) is 16.6 Å². The zero-order valence-corrected chi connectivity index (χ0v) is 13.6. The van der Waals surface area contributed by atoms with E-state index in [9.17, 15) is 9.59 Å². The van der Waals surface area contributed by atoms with Crippen LogP contribution in [0.2, 0.25) is 0 Å². The second-order valence-electron chi connectivity index (χ2n) is 4.27. The number of carboxylic acids is 1. The molecule has 0 aliphatic carbocycles. The monoisotopic (exact) mass is 378 g/mol. The molecule has 0 radical (unpaired) electrons. The Morgan fingerprint density at radius 3 is 2.50 bits per heavy atom. The van der Waals surface area contributed by atoms with Crippen LogP contribution in [0.5, 0.6) is 0 Å². The first-order valence-electron chi connectivity index (χ1n) is 6.17. The fourth-order valence-corrected chi connectivity index (χ4v) is 2.34. The van der Waals surface area contributed by atoms with Crippen molar-refractivity contribution in [3.8, 4) is 0 Å². The summed E-state index contributed by atoms with van der Waals surface area (Å²) in [6, 6.07) is 13.1. The Kier molecular flexibility index (Phi) is 5.24. The van der Waals surface area contributed by atoms with Crippen LogP contribution >= 0.6 is 28.1 Å². The lowest BCUT2D eigenvalue weighted by Gasteiger charge is -2.11. The fraction of sp³-hybridized carbons (Fsp3) is 0. The highest BCUT2D eigenvalue weighted by Crippen LogP contribution is 2.15. The number of thiocarbonyl (C=S) groups is 1. The third kappa shape index (κ3) is 4.12. The number of aromatic carboxylic acids is 1. The maximum atomic E-state index is 12.0. The predicted octanol–water partition coefficient (Wildman–Crippen LogP) is 3.27. The van der Waals surface area contributed by atoms with Gasteiger partial charge >= 0.3 is 5.97 Å². The molecule has 7 heteroatoms. The molecule has 5 nitrogen and oxygen atoms in total. The molecule has 0 atom stereocenters. The van der Waals surface area contributed by atoms with Gasteiger partial charge in [-0.1, -0.05) is 34.1 Å². The van der Waals surface area contributed by atoms with Crippen molar-refractivity contribution in [1.29, 1.82) is 0 Å². The van der Waals surface area contributed by atoms with Crippen LogP contribution in [0.25, 0.3) is 0 Å². The van der Waals surface area contributed by atoms with E-state index in [4.69, 9.17) is 17.3 Å². The predicted molar refractivity (Wildman–Crippen MR) is 91.2 cm³/mol. The Morgan fingerprint density at radius 1 is 1.09 bits per heavy atom. The first-order chi connectivity index (χ1) is 10.5. The normalized spacial score (nSPS) is 9.86. The van der Waals surface area contributed by atoms with Crippen molar-refractivity contribution in [2.24, 2.45) is 0 Å². The average molecular weight is 379 g/mol. The first kappa shape index (κ1) is 16.1. The van der Waals surface area contributed by atoms with Crippen molar-refractivity contribution >= 4 is 50.8 Å². The molecule has 0 aromatic heterocycles. The maximum absolute atomic E-state index is 12.0. The largest absolute Gasteiger partial charge is 0.478 e. The Hall–Kier alpha value is -2.25. The molecule has 0 unspecified atom stereocenters. The van der Waals surface area contributed by atoms with Crippen molar-refractivity contribution in [1.82, 2.24) is 5.32 Å². The summed E-state index contributed by atoms with van der Waals surface area (Å²) in [7, 11) is 0.